The Morgan fingerprint density at radius 2 is 1.80 bits per heavy atom. The van der Waals surface area contributed by atoms with Crippen LogP contribution in [0.1, 0.15) is 12.8 Å². The number of carbonyl (C=O) groups is 1. The van der Waals surface area contributed by atoms with Gasteiger partial charge in [0.05, 0.1) is 0 Å². The molecule has 2 aliphatic rings. The maximum Gasteiger partial charge on any atom is 0.123 e. The third-order valence-electron chi connectivity index (χ3n) is 2.73. The van der Waals surface area contributed by atoms with Crippen molar-refractivity contribution in [2.24, 2.45) is 17.8 Å². The van der Waals surface area contributed by atoms with Crippen molar-refractivity contribution >= 4 is 6.29 Å². The van der Waals surface area contributed by atoms with Crippen LogP contribution in [0.15, 0.2) is 0 Å². The van der Waals surface area contributed by atoms with Gasteiger partial charge in [-0.25, -0.2) is 0 Å². The van der Waals surface area contributed by atoms with Crippen LogP contribution < -0.4 is 0 Å². The third kappa shape index (κ3) is 0.870. The topological polar surface area (TPSA) is 26.3 Å². The van der Waals surface area contributed by atoms with Crippen LogP contribution in [0.4, 0.5) is 0 Å². The first-order valence-corrected chi connectivity index (χ1v) is 3.93. The molecule has 1 aliphatic heterocycles. The smallest absolute Gasteiger partial charge is 0.123 e. The molecule has 1 heterocycles. The van der Waals surface area contributed by atoms with Crippen molar-refractivity contribution in [3.05, 3.63) is 0 Å². The van der Waals surface area contributed by atoms with Gasteiger partial charge >= 0.3 is 0 Å². The van der Waals surface area contributed by atoms with Gasteiger partial charge in [-0.3, -0.25) is 0 Å². The Morgan fingerprint density at radius 3 is 2.30 bits per heavy atom. The molecule has 2 heteroatoms. The van der Waals surface area contributed by atoms with E-state index in [1.807, 2.05) is 0 Å². The van der Waals surface area contributed by atoms with E-state index < -0.39 is 0 Å². The second-order valence-electron chi connectivity index (χ2n) is 3.43. The summed E-state index contributed by atoms with van der Waals surface area (Å²) in [5, 5.41) is 0. The second kappa shape index (κ2) is 2.35. The van der Waals surface area contributed by atoms with Crippen molar-refractivity contribution in [2.75, 3.05) is 13.2 Å². The number of fused-ring (bicyclic) bond motifs is 1. The summed E-state index contributed by atoms with van der Waals surface area (Å²) in [5.41, 5.74) is 0. The molecular weight excluding hydrogens is 128 g/mol. The molecule has 0 aromatic heterocycles. The Kier molecular flexibility index (Phi) is 1.49. The monoisotopic (exact) mass is 140 g/mol. The van der Waals surface area contributed by atoms with Crippen LogP contribution in [0.2, 0.25) is 0 Å². The highest BCUT2D eigenvalue weighted by molar-refractivity contribution is 5.54. The highest BCUT2D eigenvalue weighted by atomic mass is 16.5. The number of aldehydes is 1. The van der Waals surface area contributed by atoms with E-state index in [4.69, 9.17) is 4.74 Å². The first kappa shape index (κ1) is 6.35. The van der Waals surface area contributed by atoms with E-state index in [0.29, 0.717) is 17.8 Å². The van der Waals surface area contributed by atoms with Crippen molar-refractivity contribution in [3.63, 3.8) is 0 Å². The molecule has 0 N–H and O–H groups in total. The van der Waals surface area contributed by atoms with Crippen LogP contribution in [0.25, 0.3) is 0 Å². The SMILES string of the molecule is O=CC1C[C@H]2COC[C@H]2C1. The second-order valence-corrected chi connectivity index (χ2v) is 3.43. The molecule has 2 fully saturated rings. The van der Waals surface area contributed by atoms with Gasteiger partial charge in [-0.2, -0.15) is 0 Å². The summed E-state index contributed by atoms with van der Waals surface area (Å²) in [4.78, 5) is 10.4. The zero-order valence-corrected chi connectivity index (χ0v) is 5.95. The van der Waals surface area contributed by atoms with E-state index in [2.05, 4.69) is 0 Å². The molecular formula is C8H12O2. The molecule has 0 radical (unpaired) electrons. The number of rotatable bonds is 1. The molecule has 1 saturated carbocycles. The lowest BCUT2D eigenvalue weighted by Crippen LogP contribution is -2.01. The average Bonchev–Trinajstić information content (AvgIpc) is 2.42. The zero-order valence-electron chi connectivity index (χ0n) is 5.95. The minimum atomic E-state index is 0.346. The molecule has 0 aromatic rings. The predicted molar refractivity (Wildman–Crippen MR) is 36.6 cm³/mol. The summed E-state index contributed by atoms with van der Waals surface area (Å²) in [6.45, 7) is 1.80. The Labute approximate surface area is 60.6 Å². The number of hydrogen-bond donors (Lipinski definition) is 0. The van der Waals surface area contributed by atoms with E-state index in [1.54, 1.807) is 0 Å². The molecule has 3 atom stereocenters. The zero-order chi connectivity index (χ0) is 6.97. The molecule has 56 valence electrons. The highest BCUT2D eigenvalue weighted by Crippen LogP contribution is 2.39. The average molecular weight is 140 g/mol. The van der Waals surface area contributed by atoms with Gasteiger partial charge in [-0.05, 0) is 24.7 Å². The molecule has 0 amide bonds. The van der Waals surface area contributed by atoms with Gasteiger partial charge in [-0.1, -0.05) is 0 Å². The summed E-state index contributed by atoms with van der Waals surface area (Å²) in [7, 11) is 0. The fraction of sp³-hybridized carbons (Fsp3) is 0.875. The highest BCUT2D eigenvalue weighted by Gasteiger charge is 2.37. The van der Waals surface area contributed by atoms with Gasteiger partial charge in [-0.15, -0.1) is 0 Å². The molecule has 1 aliphatic carbocycles. The minimum Gasteiger partial charge on any atom is -0.381 e. The molecule has 10 heavy (non-hydrogen) atoms. The Bertz CT molecular complexity index is 132. The molecule has 2 rings (SSSR count). The summed E-state index contributed by atoms with van der Waals surface area (Å²) < 4.78 is 5.29. The van der Waals surface area contributed by atoms with Crippen LogP contribution in [0.3, 0.4) is 0 Å². The third-order valence-corrected chi connectivity index (χ3v) is 2.73. The summed E-state index contributed by atoms with van der Waals surface area (Å²) in [5.74, 6) is 1.75. The van der Waals surface area contributed by atoms with Gasteiger partial charge in [0.2, 0.25) is 0 Å². The molecule has 1 saturated heterocycles. The van der Waals surface area contributed by atoms with Crippen LogP contribution in [0, 0.1) is 17.8 Å². The fourth-order valence-corrected chi connectivity index (χ4v) is 2.15. The van der Waals surface area contributed by atoms with Crippen LogP contribution >= 0.6 is 0 Å². The first-order chi connectivity index (χ1) is 4.90. The van der Waals surface area contributed by atoms with Crippen molar-refractivity contribution in [3.8, 4) is 0 Å². The quantitative estimate of drug-likeness (QED) is 0.505. The number of carbonyl (C=O) groups excluding carboxylic acids is 1. The van der Waals surface area contributed by atoms with Crippen LogP contribution in [-0.4, -0.2) is 19.5 Å². The fourth-order valence-electron chi connectivity index (χ4n) is 2.15. The predicted octanol–water partition coefficient (Wildman–Crippen LogP) is 0.858. The Hall–Kier alpha value is -0.370. The first-order valence-electron chi connectivity index (χ1n) is 3.93. The van der Waals surface area contributed by atoms with E-state index in [-0.39, 0.29) is 0 Å². The van der Waals surface area contributed by atoms with Gasteiger partial charge in [0.25, 0.3) is 0 Å². The minimum absolute atomic E-state index is 0.346. The van der Waals surface area contributed by atoms with Crippen molar-refractivity contribution in [1.29, 1.82) is 0 Å². The normalized spacial score (nSPS) is 45.4. The summed E-state index contributed by atoms with van der Waals surface area (Å²) in [6.07, 6.45) is 3.26. The molecule has 0 spiro atoms. The molecule has 1 unspecified atom stereocenters. The molecule has 0 bridgehead atoms. The van der Waals surface area contributed by atoms with E-state index in [9.17, 15) is 4.79 Å². The van der Waals surface area contributed by atoms with E-state index in [0.717, 1.165) is 32.3 Å². The maximum absolute atomic E-state index is 10.4. The van der Waals surface area contributed by atoms with Crippen molar-refractivity contribution in [1.82, 2.24) is 0 Å². The van der Waals surface area contributed by atoms with Gasteiger partial charge in [0.1, 0.15) is 6.29 Å². The lowest BCUT2D eigenvalue weighted by Gasteiger charge is -2.01. The van der Waals surface area contributed by atoms with E-state index >= 15 is 0 Å². The standard InChI is InChI=1S/C8H12O2/c9-3-6-1-7-4-10-5-8(7)2-6/h3,6-8H,1-2,4-5H2/t6?,7-,8+. The van der Waals surface area contributed by atoms with Gasteiger partial charge in [0, 0.05) is 19.1 Å². The van der Waals surface area contributed by atoms with Crippen LogP contribution in [0.5, 0.6) is 0 Å². The number of ether oxygens (including phenoxy) is 1. The summed E-state index contributed by atoms with van der Waals surface area (Å²) in [6, 6.07) is 0. The number of hydrogen-bond acceptors (Lipinski definition) is 2. The van der Waals surface area contributed by atoms with Crippen molar-refractivity contribution < 1.29 is 9.53 Å². The van der Waals surface area contributed by atoms with E-state index in [1.165, 1.54) is 0 Å². The Morgan fingerprint density at radius 1 is 1.20 bits per heavy atom. The molecule has 0 aromatic carbocycles. The lowest BCUT2D eigenvalue weighted by molar-refractivity contribution is -0.111. The van der Waals surface area contributed by atoms with Crippen LogP contribution in [-0.2, 0) is 9.53 Å². The maximum atomic E-state index is 10.4. The van der Waals surface area contributed by atoms with Gasteiger partial charge in [0.15, 0.2) is 0 Å². The molecule has 2 nitrogen and oxygen atoms in total. The summed E-state index contributed by atoms with van der Waals surface area (Å²) >= 11 is 0. The van der Waals surface area contributed by atoms with Gasteiger partial charge < -0.3 is 9.53 Å². The van der Waals surface area contributed by atoms with Crippen molar-refractivity contribution in [2.45, 2.75) is 12.8 Å². The largest absolute Gasteiger partial charge is 0.381 e. The Balaban J connectivity index is 1.99. The lowest BCUT2D eigenvalue weighted by atomic mass is 10.0.